The predicted molar refractivity (Wildman–Crippen MR) is 70.5 cm³/mol. The molecule has 4 heteroatoms. The second-order valence-electron chi connectivity index (χ2n) is 5.61. The third-order valence-corrected chi connectivity index (χ3v) is 4.08. The molecule has 1 fully saturated rings. The Kier molecular flexibility index (Phi) is 4.03. The van der Waals surface area contributed by atoms with E-state index in [0.29, 0.717) is 11.8 Å². The van der Waals surface area contributed by atoms with E-state index in [1.807, 2.05) is 17.9 Å². The average molecular weight is 246 g/mol. The standard InChI is InChI=1S/C14H22N4/c1-11(2)14-5-7-18(9-12(14)8-15)10-13-4-6-16-17(13)3/h4,6,11-12,14H,5,7,9-10H2,1-3H3. The Balaban J connectivity index is 1.98. The van der Waals surface area contributed by atoms with E-state index in [4.69, 9.17) is 0 Å². The van der Waals surface area contributed by atoms with Crippen LogP contribution in [0.25, 0.3) is 0 Å². The van der Waals surface area contributed by atoms with Gasteiger partial charge in [0.1, 0.15) is 0 Å². The molecule has 0 amide bonds. The number of aryl methyl sites for hydroxylation is 1. The minimum absolute atomic E-state index is 0.173. The summed E-state index contributed by atoms with van der Waals surface area (Å²) in [5, 5.41) is 13.5. The molecule has 4 nitrogen and oxygen atoms in total. The molecule has 0 saturated carbocycles. The molecule has 0 N–H and O–H groups in total. The van der Waals surface area contributed by atoms with E-state index in [0.717, 1.165) is 26.1 Å². The molecule has 0 bridgehead atoms. The molecule has 0 aliphatic carbocycles. The van der Waals surface area contributed by atoms with Crippen LogP contribution in [-0.4, -0.2) is 27.8 Å². The normalized spacial score (nSPS) is 25.3. The van der Waals surface area contributed by atoms with Crippen LogP contribution in [0.2, 0.25) is 0 Å². The molecule has 2 atom stereocenters. The summed E-state index contributed by atoms with van der Waals surface area (Å²) in [6.07, 6.45) is 2.96. The predicted octanol–water partition coefficient (Wildman–Crippen LogP) is 2.04. The molecule has 0 spiro atoms. The molecule has 2 rings (SSSR count). The average Bonchev–Trinajstić information content (AvgIpc) is 2.74. The summed E-state index contributed by atoms with van der Waals surface area (Å²) in [7, 11) is 1.97. The van der Waals surface area contributed by atoms with Gasteiger partial charge < -0.3 is 0 Å². The van der Waals surface area contributed by atoms with E-state index in [9.17, 15) is 5.26 Å². The van der Waals surface area contributed by atoms with Crippen molar-refractivity contribution in [2.24, 2.45) is 24.8 Å². The van der Waals surface area contributed by atoms with Crippen molar-refractivity contribution in [1.29, 1.82) is 5.26 Å². The molecule has 1 aromatic heterocycles. The van der Waals surface area contributed by atoms with E-state index in [1.54, 1.807) is 0 Å². The zero-order valence-corrected chi connectivity index (χ0v) is 11.5. The van der Waals surface area contributed by atoms with Gasteiger partial charge in [-0.3, -0.25) is 9.58 Å². The van der Waals surface area contributed by atoms with Gasteiger partial charge in [-0.15, -0.1) is 0 Å². The van der Waals surface area contributed by atoms with Crippen LogP contribution in [0.4, 0.5) is 0 Å². The van der Waals surface area contributed by atoms with Crippen molar-refractivity contribution >= 4 is 0 Å². The van der Waals surface area contributed by atoms with E-state index in [-0.39, 0.29) is 5.92 Å². The maximum atomic E-state index is 9.31. The largest absolute Gasteiger partial charge is 0.296 e. The fraction of sp³-hybridized carbons (Fsp3) is 0.714. The van der Waals surface area contributed by atoms with Crippen molar-refractivity contribution in [1.82, 2.24) is 14.7 Å². The van der Waals surface area contributed by atoms with Crippen LogP contribution in [0.3, 0.4) is 0 Å². The van der Waals surface area contributed by atoms with Crippen molar-refractivity contribution < 1.29 is 0 Å². The fourth-order valence-corrected chi connectivity index (χ4v) is 2.90. The summed E-state index contributed by atoms with van der Waals surface area (Å²) in [6.45, 7) is 7.34. The van der Waals surface area contributed by atoms with Crippen LogP contribution in [0.5, 0.6) is 0 Å². The summed E-state index contributed by atoms with van der Waals surface area (Å²) in [4.78, 5) is 2.38. The van der Waals surface area contributed by atoms with Crippen LogP contribution < -0.4 is 0 Å². The summed E-state index contributed by atoms with van der Waals surface area (Å²) >= 11 is 0. The molecule has 1 aromatic rings. The quantitative estimate of drug-likeness (QED) is 0.820. The lowest BCUT2D eigenvalue weighted by Gasteiger charge is -2.37. The van der Waals surface area contributed by atoms with Gasteiger partial charge in [-0.25, -0.2) is 0 Å². The van der Waals surface area contributed by atoms with Crippen molar-refractivity contribution in [3.63, 3.8) is 0 Å². The maximum absolute atomic E-state index is 9.31. The van der Waals surface area contributed by atoms with Crippen LogP contribution in [0.1, 0.15) is 26.0 Å². The smallest absolute Gasteiger partial charge is 0.0672 e. The first-order valence-electron chi connectivity index (χ1n) is 6.70. The van der Waals surface area contributed by atoms with Gasteiger partial charge in [0.2, 0.25) is 0 Å². The lowest BCUT2D eigenvalue weighted by atomic mass is 9.79. The molecule has 2 unspecified atom stereocenters. The van der Waals surface area contributed by atoms with Gasteiger partial charge in [0.15, 0.2) is 0 Å². The Hall–Kier alpha value is -1.34. The second kappa shape index (κ2) is 5.53. The third-order valence-electron chi connectivity index (χ3n) is 4.08. The third kappa shape index (κ3) is 2.73. The fourth-order valence-electron chi connectivity index (χ4n) is 2.90. The van der Waals surface area contributed by atoms with Crippen molar-refractivity contribution in [2.75, 3.05) is 13.1 Å². The Morgan fingerprint density at radius 3 is 2.89 bits per heavy atom. The molecule has 2 heterocycles. The first-order chi connectivity index (χ1) is 8.61. The molecule has 1 saturated heterocycles. The Bertz CT molecular complexity index is 429. The van der Waals surface area contributed by atoms with Gasteiger partial charge >= 0.3 is 0 Å². The van der Waals surface area contributed by atoms with Gasteiger partial charge in [-0.2, -0.15) is 10.4 Å². The van der Waals surface area contributed by atoms with Crippen LogP contribution in [-0.2, 0) is 13.6 Å². The molecule has 18 heavy (non-hydrogen) atoms. The van der Waals surface area contributed by atoms with Crippen molar-refractivity contribution in [2.45, 2.75) is 26.8 Å². The van der Waals surface area contributed by atoms with Gasteiger partial charge in [-0.05, 0) is 30.9 Å². The van der Waals surface area contributed by atoms with Gasteiger partial charge in [0, 0.05) is 26.3 Å². The van der Waals surface area contributed by atoms with E-state index < -0.39 is 0 Å². The number of likely N-dealkylation sites (tertiary alicyclic amines) is 1. The number of nitriles is 1. The number of hydrogen-bond acceptors (Lipinski definition) is 3. The number of piperidine rings is 1. The lowest BCUT2D eigenvalue weighted by molar-refractivity contribution is 0.113. The highest BCUT2D eigenvalue weighted by Crippen LogP contribution is 2.30. The Morgan fingerprint density at radius 1 is 1.56 bits per heavy atom. The second-order valence-corrected chi connectivity index (χ2v) is 5.61. The Morgan fingerprint density at radius 2 is 2.33 bits per heavy atom. The monoisotopic (exact) mass is 246 g/mol. The summed E-state index contributed by atoms with van der Waals surface area (Å²) in [5.74, 6) is 1.33. The molecule has 0 aromatic carbocycles. The van der Waals surface area contributed by atoms with E-state index >= 15 is 0 Å². The number of nitrogens with zero attached hydrogens (tertiary/aromatic N) is 4. The number of aromatic nitrogens is 2. The highest BCUT2D eigenvalue weighted by Gasteiger charge is 2.31. The Labute approximate surface area is 109 Å². The lowest BCUT2D eigenvalue weighted by Crippen LogP contribution is -2.41. The van der Waals surface area contributed by atoms with Gasteiger partial charge in [0.05, 0.1) is 17.7 Å². The number of hydrogen-bond donors (Lipinski definition) is 0. The molecular weight excluding hydrogens is 224 g/mol. The van der Waals surface area contributed by atoms with Gasteiger partial charge in [-0.1, -0.05) is 13.8 Å². The first-order valence-corrected chi connectivity index (χ1v) is 6.70. The topological polar surface area (TPSA) is 44.9 Å². The van der Waals surface area contributed by atoms with Crippen molar-refractivity contribution in [3.8, 4) is 6.07 Å². The minimum Gasteiger partial charge on any atom is -0.296 e. The van der Waals surface area contributed by atoms with E-state index in [2.05, 4.69) is 36.0 Å². The van der Waals surface area contributed by atoms with Crippen LogP contribution in [0.15, 0.2) is 12.3 Å². The minimum atomic E-state index is 0.173. The summed E-state index contributed by atoms with van der Waals surface area (Å²) < 4.78 is 1.91. The van der Waals surface area contributed by atoms with Crippen LogP contribution >= 0.6 is 0 Å². The molecule has 98 valence electrons. The number of rotatable bonds is 3. The molecule has 0 radical (unpaired) electrons. The maximum Gasteiger partial charge on any atom is 0.0672 e. The summed E-state index contributed by atoms with van der Waals surface area (Å²) in [6, 6.07) is 4.55. The zero-order valence-electron chi connectivity index (χ0n) is 11.5. The molecular formula is C14H22N4. The van der Waals surface area contributed by atoms with Crippen molar-refractivity contribution in [3.05, 3.63) is 18.0 Å². The zero-order chi connectivity index (χ0) is 13.1. The first kappa shape index (κ1) is 13.1. The molecule has 1 aliphatic heterocycles. The summed E-state index contributed by atoms with van der Waals surface area (Å²) in [5.41, 5.74) is 1.22. The van der Waals surface area contributed by atoms with Crippen LogP contribution in [0, 0.1) is 29.1 Å². The van der Waals surface area contributed by atoms with Gasteiger partial charge in [0.25, 0.3) is 0 Å². The molecule has 1 aliphatic rings. The van der Waals surface area contributed by atoms with E-state index in [1.165, 1.54) is 5.69 Å². The highest BCUT2D eigenvalue weighted by molar-refractivity contribution is 5.02. The SMILES string of the molecule is CC(C)C1CCN(Cc2ccnn2C)CC1C#N. The highest BCUT2D eigenvalue weighted by atomic mass is 15.3.